The van der Waals surface area contributed by atoms with Gasteiger partial charge in [-0.05, 0) is 53.1 Å². The molecular weight excluding hydrogens is 445 g/mol. The van der Waals surface area contributed by atoms with Crippen LogP contribution in [-0.4, -0.2) is 41.8 Å². The van der Waals surface area contributed by atoms with E-state index >= 15 is 0 Å². The molecule has 0 fully saturated rings. The number of para-hydroxylation sites is 1. The fraction of sp³-hybridized carbons (Fsp3) is 0.269. The number of ether oxygens (including phenoxy) is 2. The third-order valence-corrected chi connectivity index (χ3v) is 6.90. The average molecular weight is 466 g/mol. The second-order valence-electron chi connectivity index (χ2n) is 8.79. The standard InChI is InChI=1S/C26H21F3N2O3/c27-26(28,29)23-8-6-18(34-23)14-31-21-4-2-1-3-19(21)25(24(31)32)15-33-22-7-5-17(13-20(22)25)16-9-11-30-12-10-16/h1-5,7-13,18,24,32H,6,14-15H2. The number of aromatic nitrogens is 1. The zero-order chi connectivity index (χ0) is 23.5. The molecule has 6 rings (SSSR count). The van der Waals surface area contributed by atoms with Crippen molar-refractivity contribution in [3.05, 3.63) is 90.0 Å². The molecule has 34 heavy (non-hydrogen) atoms. The molecule has 5 nitrogen and oxygen atoms in total. The molecule has 3 aliphatic heterocycles. The van der Waals surface area contributed by atoms with E-state index in [1.54, 1.807) is 17.3 Å². The van der Waals surface area contributed by atoms with E-state index < -0.39 is 29.7 Å². The smallest absolute Gasteiger partial charge is 0.448 e. The topological polar surface area (TPSA) is 54.8 Å². The highest BCUT2D eigenvalue weighted by Gasteiger charge is 2.57. The van der Waals surface area contributed by atoms with Crippen molar-refractivity contribution in [1.29, 1.82) is 0 Å². The number of halogens is 3. The average Bonchev–Trinajstić information content (AvgIpc) is 3.53. The molecule has 174 valence electrons. The zero-order valence-corrected chi connectivity index (χ0v) is 18.0. The summed E-state index contributed by atoms with van der Waals surface area (Å²) in [5.41, 5.74) is 3.59. The van der Waals surface area contributed by atoms with E-state index in [4.69, 9.17) is 9.47 Å². The monoisotopic (exact) mass is 466 g/mol. The van der Waals surface area contributed by atoms with Crippen molar-refractivity contribution in [2.45, 2.75) is 30.3 Å². The van der Waals surface area contributed by atoms with Gasteiger partial charge in [0.1, 0.15) is 30.1 Å². The van der Waals surface area contributed by atoms with Crippen molar-refractivity contribution in [3.63, 3.8) is 0 Å². The van der Waals surface area contributed by atoms with Gasteiger partial charge in [-0.3, -0.25) is 4.98 Å². The molecule has 0 bridgehead atoms. The second kappa shape index (κ2) is 7.50. The van der Waals surface area contributed by atoms with Crippen molar-refractivity contribution in [2.24, 2.45) is 0 Å². The zero-order valence-electron chi connectivity index (χ0n) is 18.0. The first-order valence-electron chi connectivity index (χ1n) is 11.0. The van der Waals surface area contributed by atoms with E-state index in [1.165, 1.54) is 0 Å². The molecule has 0 aliphatic carbocycles. The fourth-order valence-corrected chi connectivity index (χ4v) is 5.30. The van der Waals surface area contributed by atoms with Gasteiger partial charge < -0.3 is 19.5 Å². The highest BCUT2D eigenvalue weighted by molar-refractivity contribution is 5.73. The Labute approximate surface area is 194 Å². The van der Waals surface area contributed by atoms with Crippen LogP contribution >= 0.6 is 0 Å². The molecule has 3 aliphatic rings. The number of rotatable bonds is 3. The van der Waals surface area contributed by atoms with Gasteiger partial charge in [-0.1, -0.05) is 24.3 Å². The van der Waals surface area contributed by atoms with E-state index in [-0.39, 0.29) is 19.6 Å². The van der Waals surface area contributed by atoms with Gasteiger partial charge in [-0.25, -0.2) is 0 Å². The largest absolute Gasteiger partial charge is 0.492 e. The highest BCUT2D eigenvalue weighted by Crippen LogP contribution is 2.55. The second-order valence-corrected chi connectivity index (χ2v) is 8.79. The first kappa shape index (κ1) is 21.0. The number of benzene rings is 2. The summed E-state index contributed by atoms with van der Waals surface area (Å²) in [6.07, 6.45) is -1.60. The maximum Gasteiger partial charge on any atom is 0.448 e. The number of aliphatic hydroxyl groups is 1. The van der Waals surface area contributed by atoms with Crippen LogP contribution in [0.2, 0.25) is 0 Å². The van der Waals surface area contributed by atoms with Crippen LogP contribution in [-0.2, 0) is 10.2 Å². The number of pyridine rings is 1. The van der Waals surface area contributed by atoms with E-state index in [1.807, 2.05) is 54.6 Å². The van der Waals surface area contributed by atoms with Crippen LogP contribution in [0.3, 0.4) is 0 Å². The number of aliphatic hydroxyl groups excluding tert-OH is 1. The lowest BCUT2D eigenvalue weighted by atomic mass is 9.75. The molecule has 1 spiro atoms. The van der Waals surface area contributed by atoms with Gasteiger partial charge in [0.25, 0.3) is 0 Å². The lowest BCUT2D eigenvalue weighted by Gasteiger charge is -2.33. The van der Waals surface area contributed by atoms with Crippen LogP contribution in [0, 0.1) is 0 Å². The number of hydrogen-bond acceptors (Lipinski definition) is 5. The highest BCUT2D eigenvalue weighted by atomic mass is 19.4. The number of nitrogens with zero attached hydrogens (tertiary/aromatic N) is 2. The Kier molecular flexibility index (Phi) is 4.64. The maximum absolute atomic E-state index is 13.1. The van der Waals surface area contributed by atoms with Crippen LogP contribution in [0.4, 0.5) is 18.9 Å². The Morgan fingerprint density at radius 3 is 2.59 bits per heavy atom. The molecule has 3 atom stereocenters. The van der Waals surface area contributed by atoms with Gasteiger partial charge in [0.05, 0.1) is 6.54 Å². The fourth-order valence-electron chi connectivity index (χ4n) is 5.30. The van der Waals surface area contributed by atoms with Crippen molar-refractivity contribution < 1.29 is 27.8 Å². The van der Waals surface area contributed by atoms with Gasteiger partial charge in [0.2, 0.25) is 0 Å². The molecule has 0 radical (unpaired) electrons. The van der Waals surface area contributed by atoms with Gasteiger partial charge in [-0.2, -0.15) is 13.2 Å². The SMILES string of the molecule is OC1N(CC2CC=C(C(F)(F)F)O2)c2ccccc2C12COc1ccc(-c3ccncc3)cc12. The Morgan fingerprint density at radius 2 is 1.82 bits per heavy atom. The normalized spacial score (nSPS) is 25.1. The Bertz CT molecular complexity index is 1280. The van der Waals surface area contributed by atoms with E-state index in [0.717, 1.165) is 34.0 Å². The van der Waals surface area contributed by atoms with Crippen LogP contribution < -0.4 is 9.64 Å². The van der Waals surface area contributed by atoms with E-state index in [9.17, 15) is 18.3 Å². The summed E-state index contributed by atoms with van der Waals surface area (Å²) in [5, 5.41) is 11.7. The van der Waals surface area contributed by atoms with Gasteiger partial charge in [-0.15, -0.1) is 0 Å². The predicted molar refractivity (Wildman–Crippen MR) is 119 cm³/mol. The van der Waals surface area contributed by atoms with Gasteiger partial charge >= 0.3 is 6.18 Å². The molecule has 8 heteroatoms. The van der Waals surface area contributed by atoms with Crippen LogP contribution in [0.15, 0.2) is 78.8 Å². The molecule has 0 saturated carbocycles. The molecule has 3 aromatic rings. The van der Waals surface area contributed by atoms with Crippen molar-refractivity contribution in [3.8, 4) is 16.9 Å². The van der Waals surface area contributed by atoms with Crippen LogP contribution in [0.25, 0.3) is 11.1 Å². The first-order chi connectivity index (χ1) is 16.4. The third-order valence-electron chi connectivity index (χ3n) is 6.90. The molecule has 1 aromatic heterocycles. The van der Waals surface area contributed by atoms with Crippen LogP contribution in [0.5, 0.6) is 5.75 Å². The number of allylic oxidation sites excluding steroid dienone is 1. The van der Waals surface area contributed by atoms with E-state index in [2.05, 4.69) is 4.98 Å². The Hall–Kier alpha value is -3.52. The Morgan fingerprint density at radius 1 is 1.03 bits per heavy atom. The van der Waals surface area contributed by atoms with Crippen LogP contribution in [0.1, 0.15) is 17.5 Å². The predicted octanol–water partition coefficient (Wildman–Crippen LogP) is 4.80. The van der Waals surface area contributed by atoms with Gasteiger partial charge in [0, 0.05) is 30.1 Å². The summed E-state index contributed by atoms with van der Waals surface area (Å²) in [7, 11) is 0. The minimum atomic E-state index is -4.51. The summed E-state index contributed by atoms with van der Waals surface area (Å²) in [6, 6.07) is 17.3. The minimum Gasteiger partial charge on any atom is -0.492 e. The minimum absolute atomic E-state index is 0.120. The number of anilines is 1. The summed E-state index contributed by atoms with van der Waals surface area (Å²) in [5.74, 6) is -0.280. The summed E-state index contributed by atoms with van der Waals surface area (Å²) in [4.78, 5) is 5.82. The summed E-state index contributed by atoms with van der Waals surface area (Å²) < 4.78 is 50.5. The lowest BCUT2D eigenvalue weighted by molar-refractivity contribution is -0.133. The molecule has 4 heterocycles. The van der Waals surface area contributed by atoms with Gasteiger partial charge in [0.15, 0.2) is 5.76 Å². The lowest BCUT2D eigenvalue weighted by Crippen LogP contribution is -2.49. The molecular formula is C26H21F3N2O3. The number of fused-ring (bicyclic) bond motifs is 4. The summed E-state index contributed by atoms with van der Waals surface area (Å²) in [6.45, 7) is 0.351. The summed E-state index contributed by atoms with van der Waals surface area (Å²) >= 11 is 0. The molecule has 0 saturated heterocycles. The maximum atomic E-state index is 13.1. The van der Waals surface area contributed by atoms with Crippen molar-refractivity contribution in [1.82, 2.24) is 4.98 Å². The Balaban J connectivity index is 1.38. The van der Waals surface area contributed by atoms with Crippen molar-refractivity contribution in [2.75, 3.05) is 18.1 Å². The molecule has 3 unspecified atom stereocenters. The molecule has 0 amide bonds. The molecule has 1 N–H and O–H groups in total. The molecule has 2 aromatic carbocycles. The number of alkyl halides is 3. The number of hydrogen-bond donors (Lipinski definition) is 1. The van der Waals surface area contributed by atoms with Crippen molar-refractivity contribution >= 4 is 5.69 Å². The van der Waals surface area contributed by atoms with E-state index in [0.29, 0.717) is 5.75 Å². The third kappa shape index (κ3) is 3.09. The first-order valence-corrected chi connectivity index (χ1v) is 11.0. The quantitative estimate of drug-likeness (QED) is 0.601.